The summed E-state index contributed by atoms with van der Waals surface area (Å²) in [6, 6.07) is 13.6. The van der Waals surface area contributed by atoms with E-state index in [1.165, 1.54) is 12.1 Å². The fourth-order valence-electron chi connectivity index (χ4n) is 3.24. The van der Waals surface area contributed by atoms with Crippen molar-refractivity contribution in [1.82, 2.24) is 0 Å². The molecule has 2 aliphatic rings. The normalized spacial score (nSPS) is 17.9. The number of para-hydroxylation sites is 1. The van der Waals surface area contributed by atoms with Crippen LogP contribution in [0.3, 0.4) is 0 Å². The van der Waals surface area contributed by atoms with Gasteiger partial charge in [0, 0.05) is 24.2 Å². The Bertz CT molecular complexity index is 928. The number of halogens is 1. The minimum absolute atomic E-state index is 0.170. The van der Waals surface area contributed by atoms with Crippen LogP contribution < -0.4 is 4.90 Å². The van der Waals surface area contributed by atoms with E-state index < -0.39 is 17.9 Å². The van der Waals surface area contributed by atoms with Gasteiger partial charge in [-0.1, -0.05) is 35.5 Å². The lowest BCUT2D eigenvalue weighted by molar-refractivity contribution is -0.158. The van der Waals surface area contributed by atoms with Gasteiger partial charge in [-0.05, 0) is 30.2 Å². The molecule has 0 fully saturated rings. The van der Waals surface area contributed by atoms with Crippen molar-refractivity contribution in [2.75, 3.05) is 18.1 Å². The van der Waals surface area contributed by atoms with Crippen molar-refractivity contribution in [2.45, 2.75) is 18.9 Å². The summed E-state index contributed by atoms with van der Waals surface area (Å²) >= 11 is 0. The van der Waals surface area contributed by atoms with E-state index in [1.54, 1.807) is 17.0 Å². The van der Waals surface area contributed by atoms with Gasteiger partial charge in [-0.15, -0.1) is 0 Å². The number of nitrogens with zero attached hydrogens (tertiary/aromatic N) is 2. The number of carbonyl (C=O) groups excluding carboxylic acids is 2. The summed E-state index contributed by atoms with van der Waals surface area (Å²) in [5.74, 6) is -1.33. The minimum atomic E-state index is -0.929. The number of rotatable bonds is 4. The molecule has 0 radical (unpaired) electrons. The summed E-state index contributed by atoms with van der Waals surface area (Å²) < 4.78 is 18.4. The van der Waals surface area contributed by atoms with Crippen LogP contribution in [0, 0.1) is 5.82 Å². The Labute approximate surface area is 155 Å². The lowest BCUT2D eigenvalue weighted by Gasteiger charge is -2.17. The fourth-order valence-corrected chi connectivity index (χ4v) is 3.24. The van der Waals surface area contributed by atoms with Gasteiger partial charge in [0.2, 0.25) is 6.10 Å². The van der Waals surface area contributed by atoms with E-state index in [4.69, 9.17) is 9.57 Å². The number of hydrogen-bond donors (Lipinski definition) is 0. The zero-order chi connectivity index (χ0) is 18.8. The first-order chi connectivity index (χ1) is 13.1. The molecule has 0 saturated carbocycles. The van der Waals surface area contributed by atoms with Crippen molar-refractivity contribution in [3.8, 4) is 0 Å². The molecule has 0 bridgehead atoms. The Morgan fingerprint density at radius 3 is 2.93 bits per heavy atom. The molecule has 1 amide bonds. The second-order valence-electron chi connectivity index (χ2n) is 6.38. The van der Waals surface area contributed by atoms with Gasteiger partial charge in [0.05, 0.1) is 5.71 Å². The summed E-state index contributed by atoms with van der Waals surface area (Å²) in [6.07, 6.45) is 0.0251. The minimum Gasteiger partial charge on any atom is -0.453 e. The average molecular weight is 368 g/mol. The lowest BCUT2D eigenvalue weighted by Crippen LogP contribution is -2.35. The van der Waals surface area contributed by atoms with Crippen molar-refractivity contribution >= 4 is 23.3 Å². The number of ether oxygens (including phenoxy) is 1. The van der Waals surface area contributed by atoms with Crippen LogP contribution in [0.25, 0.3) is 0 Å². The predicted molar refractivity (Wildman–Crippen MR) is 95.9 cm³/mol. The fraction of sp³-hybridized carbons (Fsp3) is 0.250. The van der Waals surface area contributed by atoms with Crippen LogP contribution in [0.15, 0.2) is 53.7 Å². The van der Waals surface area contributed by atoms with E-state index in [2.05, 4.69) is 5.16 Å². The van der Waals surface area contributed by atoms with Gasteiger partial charge in [-0.2, -0.15) is 0 Å². The van der Waals surface area contributed by atoms with Gasteiger partial charge >= 0.3 is 5.97 Å². The SMILES string of the molecule is O=C(OCC(=O)N1CCc2ccccc21)C1CC(c2cccc(F)c2)=NO1. The van der Waals surface area contributed by atoms with Gasteiger partial charge in [0.15, 0.2) is 6.61 Å². The Morgan fingerprint density at radius 2 is 2.07 bits per heavy atom. The Morgan fingerprint density at radius 1 is 1.22 bits per heavy atom. The number of fused-ring (bicyclic) bond motifs is 1. The molecule has 2 heterocycles. The summed E-state index contributed by atoms with van der Waals surface area (Å²) in [5.41, 5.74) is 2.98. The molecule has 1 unspecified atom stereocenters. The van der Waals surface area contributed by atoms with Crippen LogP contribution in [-0.2, 0) is 25.6 Å². The van der Waals surface area contributed by atoms with Crippen LogP contribution >= 0.6 is 0 Å². The topological polar surface area (TPSA) is 68.2 Å². The third kappa shape index (κ3) is 3.53. The molecule has 0 N–H and O–H groups in total. The third-order valence-electron chi connectivity index (χ3n) is 4.62. The van der Waals surface area contributed by atoms with Crippen LogP contribution in [0.4, 0.5) is 10.1 Å². The van der Waals surface area contributed by atoms with Crippen molar-refractivity contribution in [3.05, 3.63) is 65.5 Å². The first kappa shape index (κ1) is 17.2. The largest absolute Gasteiger partial charge is 0.453 e. The Kier molecular flexibility index (Phi) is 4.58. The summed E-state index contributed by atoms with van der Waals surface area (Å²) in [7, 11) is 0. The van der Waals surface area contributed by atoms with E-state index in [9.17, 15) is 14.0 Å². The quantitative estimate of drug-likeness (QED) is 0.778. The number of anilines is 1. The van der Waals surface area contributed by atoms with Crippen molar-refractivity contribution in [3.63, 3.8) is 0 Å². The van der Waals surface area contributed by atoms with Gasteiger partial charge < -0.3 is 14.5 Å². The van der Waals surface area contributed by atoms with Gasteiger partial charge in [0.25, 0.3) is 5.91 Å². The van der Waals surface area contributed by atoms with Crippen LogP contribution in [0.1, 0.15) is 17.5 Å². The molecular weight excluding hydrogens is 351 g/mol. The molecule has 2 aromatic rings. The second-order valence-corrected chi connectivity index (χ2v) is 6.38. The monoisotopic (exact) mass is 368 g/mol. The van der Waals surface area contributed by atoms with E-state index in [1.807, 2.05) is 24.3 Å². The number of oxime groups is 1. The third-order valence-corrected chi connectivity index (χ3v) is 4.62. The van der Waals surface area contributed by atoms with Crippen LogP contribution in [-0.4, -0.2) is 36.8 Å². The van der Waals surface area contributed by atoms with Gasteiger partial charge in [-0.25, -0.2) is 9.18 Å². The molecule has 1 atom stereocenters. The van der Waals surface area contributed by atoms with Crippen molar-refractivity contribution in [2.24, 2.45) is 5.16 Å². The summed E-state index contributed by atoms with van der Waals surface area (Å²) in [6.45, 7) is 0.213. The Hall–Kier alpha value is -3.22. The second kappa shape index (κ2) is 7.19. The highest BCUT2D eigenvalue weighted by molar-refractivity contribution is 6.04. The first-order valence-corrected chi connectivity index (χ1v) is 8.65. The molecular formula is C20H17FN2O4. The number of amides is 1. The molecule has 0 spiro atoms. The van der Waals surface area contributed by atoms with E-state index in [0.717, 1.165) is 17.7 Å². The molecule has 0 aliphatic carbocycles. The van der Waals surface area contributed by atoms with Gasteiger partial charge in [0.1, 0.15) is 5.82 Å². The zero-order valence-corrected chi connectivity index (χ0v) is 14.4. The maximum atomic E-state index is 13.3. The standard InChI is InChI=1S/C20H17FN2O4/c21-15-6-3-5-14(10-15)16-11-18(27-22-16)20(25)26-12-19(24)23-9-8-13-4-1-2-7-17(13)23/h1-7,10,18H,8-9,11-12H2. The maximum Gasteiger partial charge on any atom is 0.351 e. The molecule has 7 heteroatoms. The highest BCUT2D eigenvalue weighted by atomic mass is 19.1. The Balaban J connectivity index is 1.31. The van der Waals surface area contributed by atoms with Crippen LogP contribution in [0.5, 0.6) is 0 Å². The highest BCUT2D eigenvalue weighted by Gasteiger charge is 2.32. The molecule has 4 rings (SSSR count). The average Bonchev–Trinajstić information content (AvgIpc) is 3.33. The van der Waals surface area contributed by atoms with E-state index in [-0.39, 0.29) is 18.9 Å². The van der Waals surface area contributed by atoms with Crippen molar-refractivity contribution in [1.29, 1.82) is 0 Å². The van der Waals surface area contributed by atoms with E-state index in [0.29, 0.717) is 17.8 Å². The number of hydrogen-bond acceptors (Lipinski definition) is 5. The van der Waals surface area contributed by atoms with Crippen molar-refractivity contribution < 1.29 is 23.6 Å². The molecule has 138 valence electrons. The smallest absolute Gasteiger partial charge is 0.351 e. The molecule has 0 aromatic heterocycles. The number of benzene rings is 2. The zero-order valence-electron chi connectivity index (χ0n) is 14.4. The number of carbonyl (C=O) groups is 2. The summed E-state index contributed by atoms with van der Waals surface area (Å²) in [5, 5.41) is 3.84. The molecule has 0 saturated heterocycles. The van der Waals surface area contributed by atoms with E-state index >= 15 is 0 Å². The van der Waals surface area contributed by atoms with Crippen LogP contribution in [0.2, 0.25) is 0 Å². The summed E-state index contributed by atoms with van der Waals surface area (Å²) in [4.78, 5) is 31.3. The lowest BCUT2D eigenvalue weighted by atomic mass is 10.1. The predicted octanol–water partition coefficient (Wildman–Crippen LogP) is 2.45. The molecule has 2 aliphatic heterocycles. The van der Waals surface area contributed by atoms with Gasteiger partial charge in [-0.3, -0.25) is 4.79 Å². The highest BCUT2D eigenvalue weighted by Crippen LogP contribution is 2.27. The number of esters is 1. The maximum absolute atomic E-state index is 13.3. The molecule has 27 heavy (non-hydrogen) atoms. The molecule has 6 nitrogen and oxygen atoms in total. The molecule has 2 aromatic carbocycles. The first-order valence-electron chi connectivity index (χ1n) is 8.65.